The average molecular weight is 245 g/mol. The molecule has 1 rings (SSSR count). The number of Topliss-reactive ketones (excluding diaryl/α,β-unsaturated/α-hetero) is 1. The summed E-state index contributed by atoms with van der Waals surface area (Å²) in [5.74, 6) is 2.09. The zero-order valence-electron chi connectivity index (χ0n) is 8.75. The van der Waals surface area contributed by atoms with Crippen molar-refractivity contribution in [1.29, 1.82) is 0 Å². The Morgan fingerprint density at radius 3 is 2.87 bits per heavy atom. The monoisotopic (exact) mass is 244 g/mol. The van der Waals surface area contributed by atoms with Crippen molar-refractivity contribution in [1.82, 2.24) is 0 Å². The molecule has 0 saturated carbocycles. The third-order valence-electron chi connectivity index (χ3n) is 1.91. The van der Waals surface area contributed by atoms with Gasteiger partial charge in [0.1, 0.15) is 5.75 Å². The molecule has 0 aliphatic rings. The lowest BCUT2D eigenvalue weighted by Crippen LogP contribution is -2.04. The van der Waals surface area contributed by atoms with E-state index in [0.29, 0.717) is 22.1 Å². The molecule has 0 fully saturated rings. The highest BCUT2D eigenvalue weighted by Gasteiger charge is 2.11. The van der Waals surface area contributed by atoms with Crippen molar-refractivity contribution < 1.29 is 9.53 Å². The fourth-order valence-electron chi connectivity index (χ4n) is 1.12. The van der Waals surface area contributed by atoms with Gasteiger partial charge in [-0.1, -0.05) is 18.5 Å². The first kappa shape index (κ1) is 12.4. The third-order valence-corrected chi connectivity index (χ3v) is 3.12. The van der Waals surface area contributed by atoms with E-state index in [0.717, 1.165) is 5.75 Å². The second-order valence-corrected chi connectivity index (χ2v) is 4.59. The molecule has 0 saturated heterocycles. The minimum absolute atomic E-state index is 0.0470. The Balaban J connectivity index is 2.86. The number of carbonyl (C=O) groups is 1. The van der Waals surface area contributed by atoms with Crippen LogP contribution in [0.5, 0.6) is 5.75 Å². The maximum atomic E-state index is 11.7. The van der Waals surface area contributed by atoms with Crippen LogP contribution >= 0.6 is 23.4 Å². The van der Waals surface area contributed by atoms with E-state index in [1.807, 2.05) is 6.92 Å². The normalized spacial score (nSPS) is 10.1. The summed E-state index contributed by atoms with van der Waals surface area (Å²) in [7, 11) is 1.57. The Morgan fingerprint density at radius 2 is 2.27 bits per heavy atom. The number of carbonyl (C=O) groups excluding carboxylic acids is 1. The minimum Gasteiger partial charge on any atom is -0.497 e. The number of ketones is 1. The van der Waals surface area contributed by atoms with E-state index in [1.165, 1.54) is 0 Å². The van der Waals surface area contributed by atoms with E-state index in [9.17, 15) is 4.79 Å². The van der Waals surface area contributed by atoms with E-state index >= 15 is 0 Å². The molecule has 1 aromatic carbocycles. The molecule has 0 heterocycles. The molecule has 2 nitrogen and oxygen atoms in total. The van der Waals surface area contributed by atoms with Crippen molar-refractivity contribution in [3.05, 3.63) is 28.8 Å². The Bertz CT molecular complexity index is 352. The maximum Gasteiger partial charge on any atom is 0.174 e. The molecule has 0 unspecified atom stereocenters. The van der Waals surface area contributed by atoms with Crippen molar-refractivity contribution >= 4 is 29.1 Å². The van der Waals surface area contributed by atoms with Gasteiger partial charge in [-0.25, -0.2) is 0 Å². The van der Waals surface area contributed by atoms with Crippen LogP contribution in [0.25, 0.3) is 0 Å². The highest BCUT2D eigenvalue weighted by molar-refractivity contribution is 7.99. The van der Waals surface area contributed by atoms with Gasteiger partial charge in [-0.15, -0.1) is 0 Å². The zero-order valence-corrected chi connectivity index (χ0v) is 10.3. The van der Waals surface area contributed by atoms with Crippen molar-refractivity contribution in [2.75, 3.05) is 18.6 Å². The molecular weight excluding hydrogens is 232 g/mol. The molecule has 82 valence electrons. The Kier molecular flexibility index (Phi) is 4.99. The molecule has 4 heteroatoms. The number of ether oxygens (including phenoxy) is 1. The SMILES string of the molecule is CCSCC(=O)c1cc(OC)ccc1Cl. The lowest BCUT2D eigenvalue weighted by Gasteiger charge is -2.05. The number of methoxy groups -OCH3 is 1. The molecular formula is C11H13ClO2S. The van der Waals surface area contributed by atoms with E-state index in [1.54, 1.807) is 37.1 Å². The third kappa shape index (κ3) is 3.43. The Hall–Kier alpha value is -0.670. The van der Waals surface area contributed by atoms with E-state index in [-0.39, 0.29) is 5.78 Å². The van der Waals surface area contributed by atoms with Crippen LogP contribution in [0.4, 0.5) is 0 Å². The van der Waals surface area contributed by atoms with E-state index in [4.69, 9.17) is 16.3 Å². The van der Waals surface area contributed by atoms with Crippen LogP contribution in [-0.2, 0) is 0 Å². The standard InChI is InChI=1S/C11H13ClO2S/c1-3-15-7-11(13)9-6-8(14-2)4-5-10(9)12/h4-6H,3,7H2,1-2H3. The maximum absolute atomic E-state index is 11.7. The number of hydrogen-bond acceptors (Lipinski definition) is 3. The molecule has 15 heavy (non-hydrogen) atoms. The number of halogens is 1. The first-order valence-electron chi connectivity index (χ1n) is 4.63. The van der Waals surface area contributed by atoms with Gasteiger partial charge in [0.25, 0.3) is 0 Å². The molecule has 0 aliphatic carbocycles. The summed E-state index contributed by atoms with van der Waals surface area (Å²) in [4.78, 5) is 11.7. The fraction of sp³-hybridized carbons (Fsp3) is 0.364. The summed E-state index contributed by atoms with van der Waals surface area (Å²) in [6.45, 7) is 2.02. The van der Waals surface area contributed by atoms with Crippen LogP contribution in [-0.4, -0.2) is 24.4 Å². The molecule has 0 N–H and O–H groups in total. The summed E-state index contributed by atoms with van der Waals surface area (Å²) in [5, 5.41) is 0.484. The van der Waals surface area contributed by atoms with Crippen molar-refractivity contribution in [2.45, 2.75) is 6.92 Å². The van der Waals surface area contributed by atoms with Crippen LogP contribution in [0.15, 0.2) is 18.2 Å². The molecule has 0 atom stereocenters. The summed E-state index contributed by atoms with van der Waals surface area (Å²) >= 11 is 7.53. The van der Waals surface area contributed by atoms with Gasteiger partial charge in [-0.05, 0) is 24.0 Å². The van der Waals surface area contributed by atoms with Crippen molar-refractivity contribution in [2.24, 2.45) is 0 Å². The average Bonchev–Trinajstić information content (AvgIpc) is 2.26. The predicted molar refractivity (Wildman–Crippen MR) is 65.3 cm³/mol. The van der Waals surface area contributed by atoms with Gasteiger partial charge >= 0.3 is 0 Å². The number of thioether (sulfide) groups is 1. The molecule has 0 bridgehead atoms. The first-order chi connectivity index (χ1) is 7.19. The summed E-state index contributed by atoms with van der Waals surface area (Å²) in [5.41, 5.74) is 0.539. The topological polar surface area (TPSA) is 26.3 Å². The largest absolute Gasteiger partial charge is 0.497 e. The Morgan fingerprint density at radius 1 is 1.53 bits per heavy atom. The van der Waals surface area contributed by atoms with Crippen LogP contribution < -0.4 is 4.74 Å². The number of benzene rings is 1. The van der Waals surface area contributed by atoms with Crippen molar-refractivity contribution in [3.63, 3.8) is 0 Å². The van der Waals surface area contributed by atoms with Crippen molar-refractivity contribution in [3.8, 4) is 5.75 Å². The molecule has 0 aromatic heterocycles. The first-order valence-corrected chi connectivity index (χ1v) is 6.16. The number of hydrogen-bond donors (Lipinski definition) is 0. The van der Waals surface area contributed by atoms with E-state index in [2.05, 4.69) is 0 Å². The van der Waals surface area contributed by atoms with Gasteiger partial charge in [0.05, 0.1) is 17.9 Å². The molecule has 1 aromatic rings. The van der Waals surface area contributed by atoms with Gasteiger partial charge in [-0.2, -0.15) is 11.8 Å². The molecule has 0 radical (unpaired) electrons. The van der Waals surface area contributed by atoms with Crippen LogP contribution in [0.1, 0.15) is 17.3 Å². The second-order valence-electron chi connectivity index (χ2n) is 2.91. The van der Waals surface area contributed by atoms with Crippen LogP contribution in [0, 0.1) is 0 Å². The fourth-order valence-corrected chi connectivity index (χ4v) is 1.89. The van der Waals surface area contributed by atoms with Gasteiger partial charge in [0.15, 0.2) is 5.78 Å². The summed E-state index contributed by atoms with van der Waals surface area (Å²) in [6, 6.07) is 5.11. The molecule has 0 aliphatic heterocycles. The minimum atomic E-state index is 0.0470. The second kappa shape index (κ2) is 6.03. The lowest BCUT2D eigenvalue weighted by atomic mass is 10.1. The quantitative estimate of drug-likeness (QED) is 0.744. The predicted octanol–water partition coefficient (Wildman–Crippen LogP) is 3.28. The highest BCUT2D eigenvalue weighted by atomic mass is 35.5. The van der Waals surface area contributed by atoms with Gasteiger partial charge < -0.3 is 4.74 Å². The smallest absolute Gasteiger partial charge is 0.174 e. The number of rotatable bonds is 5. The van der Waals surface area contributed by atoms with E-state index < -0.39 is 0 Å². The lowest BCUT2D eigenvalue weighted by molar-refractivity contribution is 0.102. The summed E-state index contributed by atoms with van der Waals surface area (Å²) < 4.78 is 5.05. The molecule has 0 amide bonds. The summed E-state index contributed by atoms with van der Waals surface area (Å²) in [6.07, 6.45) is 0. The molecule has 0 spiro atoms. The van der Waals surface area contributed by atoms with Crippen LogP contribution in [0.3, 0.4) is 0 Å². The Labute approximate surface area is 99.0 Å². The zero-order chi connectivity index (χ0) is 11.3. The van der Waals surface area contributed by atoms with Gasteiger partial charge in [0.2, 0.25) is 0 Å². The highest BCUT2D eigenvalue weighted by Crippen LogP contribution is 2.23. The van der Waals surface area contributed by atoms with Gasteiger partial charge in [-0.3, -0.25) is 4.79 Å². The van der Waals surface area contributed by atoms with Gasteiger partial charge in [0, 0.05) is 5.56 Å². The van der Waals surface area contributed by atoms with Crippen LogP contribution in [0.2, 0.25) is 5.02 Å².